The van der Waals surface area contributed by atoms with E-state index in [9.17, 15) is 9.59 Å². The summed E-state index contributed by atoms with van der Waals surface area (Å²) in [5.41, 5.74) is 7.43. The number of H-pyrrole nitrogens is 1. The van der Waals surface area contributed by atoms with E-state index in [0.717, 1.165) is 16.5 Å². The highest BCUT2D eigenvalue weighted by Crippen LogP contribution is 2.18. The van der Waals surface area contributed by atoms with Crippen LogP contribution in [0, 0.1) is 0 Å². The monoisotopic (exact) mass is 261 g/mol. The van der Waals surface area contributed by atoms with Crippen LogP contribution >= 0.6 is 0 Å². The highest BCUT2D eigenvalue weighted by molar-refractivity contribution is 5.91. The molecular weight excluding hydrogens is 246 g/mol. The first kappa shape index (κ1) is 13.1. The fourth-order valence-electron chi connectivity index (χ4n) is 1.66. The van der Waals surface area contributed by atoms with Crippen LogP contribution in [0.3, 0.4) is 0 Å². The first-order chi connectivity index (χ1) is 9.08. The van der Waals surface area contributed by atoms with E-state index < -0.39 is 12.0 Å². The van der Waals surface area contributed by atoms with Crippen molar-refractivity contribution in [2.24, 2.45) is 5.73 Å². The molecule has 2 aromatic rings. The Morgan fingerprint density at radius 3 is 2.63 bits per heavy atom. The first-order valence-corrected chi connectivity index (χ1v) is 5.88. The standard InChI is InChI=1S/C11H12N2O2.C2H3NO/c12-9(11(14)15)5-7-6-13-10-4-2-1-3-8(7)10;4-2-1-3-2/h1-4,6,9,13H,5,12H2,(H,14,15);1H2,(H,3,4)/t9-;/m0./s1. The summed E-state index contributed by atoms with van der Waals surface area (Å²) < 4.78 is 0. The SMILES string of the molecule is N[C@@H](Cc1c[nH]c2ccccc12)C(=O)O.O=C1CN1. The van der Waals surface area contributed by atoms with Gasteiger partial charge in [0.2, 0.25) is 5.91 Å². The van der Waals surface area contributed by atoms with E-state index in [-0.39, 0.29) is 5.91 Å². The second-order valence-electron chi connectivity index (χ2n) is 4.29. The smallest absolute Gasteiger partial charge is 0.320 e. The van der Waals surface area contributed by atoms with E-state index in [4.69, 9.17) is 10.8 Å². The molecule has 19 heavy (non-hydrogen) atoms. The summed E-state index contributed by atoms with van der Waals surface area (Å²) >= 11 is 0. The van der Waals surface area contributed by atoms with Crippen molar-refractivity contribution in [2.75, 3.05) is 6.54 Å². The zero-order valence-electron chi connectivity index (χ0n) is 10.2. The molecule has 0 spiro atoms. The predicted octanol–water partition coefficient (Wildman–Crippen LogP) is 0.239. The molecular formula is C13H15N3O3. The highest BCUT2D eigenvalue weighted by Gasteiger charge is 2.14. The number of hydrogen-bond acceptors (Lipinski definition) is 3. The van der Waals surface area contributed by atoms with E-state index >= 15 is 0 Å². The van der Waals surface area contributed by atoms with Crippen LogP contribution in [0.2, 0.25) is 0 Å². The van der Waals surface area contributed by atoms with Gasteiger partial charge in [-0.2, -0.15) is 0 Å². The third kappa shape index (κ3) is 3.56. The number of nitrogens with one attached hydrogen (secondary N) is 2. The Morgan fingerprint density at radius 2 is 2.05 bits per heavy atom. The Labute approximate surface area is 109 Å². The molecule has 1 amide bonds. The number of benzene rings is 1. The maximum absolute atomic E-state index is 10.6. The number of fused-ring (bicyclic) bond motifs is 1. The Bertz CT molecular complexity index is 600. The number of hydrogen-bond donors (Lipinski definition) is 4. The van der Waals surface area contributed by atoms with Crippen LogP contribution in [-0.2, 0) is 16.0 Å². The first-order valence-electron chi connectivity index (χ1n) is 5.88. The summed E-state index contributed by atoms with van der Waals surface area (Å²) in [5.74, 6) is -0.805. The number of aromatic nitrogens is 1. The van der Waals surface area contributed by atoms with Gasteiger partial charge in [-0.15, -0.1) is 0 Å². The lowest BCUT2D eigenvalue weighted by Gasteiger charge is -2.04. The molecule has 1 aliphatic heterocycles. The summed E-state index contributed by atoms with van der Waals surface area (Å²) in [7, 11) is 0. The topological polar surface area (TPSA) is 118 Å². The minimum absolute atomic E-state index is 0.167. The quantitative estimate of drug-likeness (QED) is 0.592. The van der Waals surface area contributed by atoms with Crippen molar-refractivity contribution in [3.8, 4) is 0 Å². The average Bonchev–Trinajstić information content (AvgIpc) is 3.07. The number of para-hydroxylation sites is 1. The van der Waals surface area contributed by atoms with E-state index in [1.165, 1.54) is 0 Å². The van der Waals surface area contributed by atoms with Gasteiger partial charge in [0, 0.05) is 23.5 Å². The molecule has 1 aromatic heterocycles. The van der Waals surface area contributed by atoms with E-state index in [1.807, 2.05) is 30.5 Å². The molecule has 6 nitrogen and oxygen atoms in total. The van der Waals surface area contributed by atoms with Crippen molar-refractivity contribution in [1.82, 2.24) is 10.3 Å². The minimum Gasteiger partial charge on any atom is -0.480 e. The molecule has 0 aliphatic carbocycles. The van der Waals surface area contributed by atoms with Gasteiger partial charge in [-0.1, -0.05) is 18.2 Å². The summed E-state index contributed by atoms with van der Waals surface area (Å²) in [5, 5.41) is 12.2. The molecule has 1 fully saturated rings. The van der Waals surface area contributed by atoms with Crippen molar-refractivity contribution in [3.05, 3.63) is 36.0 Å². The van der Waals surface area contributed by atoms with Crippen molar-refractivity contribution >= 4 is 22.8 Å². The van der Waals surface area contributed by atoms with Gasteiger partial charge in [0.25, 0.3) is 0 Å². The fourth-order valence-corrected chi connectivity index (χ4v) is 1.66. The number of nitrogens with two attached hydrogens (primary N) is 1. The number of carboxylic acids is 1. The van der Waals surface area contributed by atoms with Crippen molar-refractivity contribution < 1.29 is 14.7 Å². The molecule has 3 rings (SSSR count). The molecule has 100 valence electrons. The molecule has 1 aliphatic rings. The molecule has 0 bridgehead atoms. The summed E-state index contributed by atoms with van der Waals surface area (Å²) in [4.78, 5) is 23.2. The molecule has 2 heterocycles. The largest absolute Gasteiger partial charge is 0.480 e. The van der Waals surface area contributed by atoms with Crippen LogP contribution < -0.4 is 11.1 Å². The van der Waals surface area contributed by atoms with Gasteiger partial charge in [-0.25, -0.2) is 0 Å². The third-order valence-electron chi connectivity index (χ3n) is 2.75. The molecule has 5 N–H and O–H groups in total. The average molecular weight is 261 g/mol. The Kier molecular flexibility index (Phi) is 3.82. The van der Waals surface area contributed by atoms with Gasteiger partial charge in [0.05, 0.1) is 6.54 Å². The van der Waals surface area contributed by atoms with Crippen molar-refractivity contribution in [1.29, 1.82) is 0 Å². The summed E-state index contributed by atoms with van der Waals surface area (Å²) in [6.45, 7) is 0.597. The summed E-state index contributed by atoms with van der Waals surface area (Å²) in [6, 6.07) is 6.91. The van der Waals surface area contributed by atoms with Crippen molar-refractivity contribution in [2.45, 2.75) is 12.5 Å². The number of rotatable bonds is 3. The number of amides is 1. The van der Waals surface area contributed by atoms with Gasteiger partial charge >= 0.3 is 5.97 Å². The summed E-state index contributed by atoms with van der Waals surface area (Å²) in [6.07, 6.45) is 2.16. The fraction of sp³-hybridized carbons (Fsp3) is 0.231. The lowest BCUT2D eigenvalue weighted by atomic mass is 10.1. The van der Waals surface area contributed by atoms with Gasteiger partial charge < -0.3 is 21.1 Å². The Balaban J connectivity index is 0.000000284. The second-order valence-corrected chi connectivity index (χ2v) is 4.29. The minimum atomic E-state index is -0.972. The van der Waals surface area contributed by atoms with Gasteiger partial charge in [0.1, 0.15) is 6.04 Å². The molecule has 0 unspecified atom stereocenters. The molecule has 1 aromatic carbocycles. The van der Waals surface area contributed by atoms with E-state index in [2.05, 4.69) is 10.3 Å². The predicted molar refractivity (Wildman–Crippen MR) is 70.6 cm³/mol. The Hall–Kier alpha value is -2.34. The molecule has 6 heteroatoms. The normalized spacial score (nSPS) is 14.3. The van der Waals surface area contributed by atoms with Crippen LogP contribution in [0.25, 0.3) is 10.9 Å². The second kappa shape index (κ2) is 5.53. The van der Waals surface area contributed by atoms with Crippen LogP contribution in [-0.4, -0.2) is 34.6 Å². The van der Waals surface area contributed by atoms with Crippen LogP contribution in [0.1, 0.15) is 5.56 Å². The van der Waals surface area contributed by atoms with Gasteiger partial charge in [0.15, 0.2) is 0 Å². The van der Waals surface area contributed by atoms with Crippen LogP contribution in [0.15, 0.2) is 30.5 Å². The Morgan fingerprint density at radius 1 is 1.42 bits per heavy atom. The number of carbonyl (C=O) groups excluding carboxylic acids is 1. The molecule has 1 saturated heterocycles. The lowest BCUT2D eigenvalue weighted by Crippen LogP contribution is -2.32. The maximum atomic E-state index is 10.6. The van der Waals surface area contributed by atoms with E-state index in [1.54, 1.807) is 0 Å². The molecule has 1 atom stereocenters. The molecule has 0 radical (unpaired) electrons. The zero-order valence-corrected chi connectivity index (χ0v) is 10.2. The van der Waals surface area contributed by atoms with Crippen LogP contribution in [0.4, 0.5) is 0 Å². The van der Waals surface area contributed by atoms with Gasteiger partial charge in [-0.05, 0) is 11.6 Å². The van der Waals surface area contributed by atoms with E-state index in [0.29, 0.717) is 13.0 Å². The van der Waals surface area contributed by atoms with Gasteiger partial charge in [-0.3, -0.25) is 9.59 Å². The zero-order chi connectivity index (χ0) is 13.8. The lowest BCUT2D eigenvalue weighted by molar-refractivity contribution is -0.138. The molecule has 0 saturated carbocycles. The number of carbonyl (C=O) groups is 2. The maximum Gasteiger partial charge on any atom is 0.320 e. The van der Waals surface area contributed by atoms with Crippen molar-refractivity contribution in [3.63, 3.8) is 0 Å². The third-order valence-corrected chi connectivity index (χ3v) is 2.75. The number of aliphatic carboxylic acids is 1. The number of carboxylic acid groups (broad SMARTS) is 1. The number of aromatic amines is 1. The highest BCUT2D eigenvalue weighted by atomic mass is 16.4. The van der Waals surface area contributed by atoms with Crippen LogP contribution in [0.5, 0.6) is 0 Å².